The molecule has 0 radical (unpaired) electrons. The van der Waals surface area contributed by atoms with Gasteiger partial charge in [0.25, 0.3) is 0 Å². The molecule has 0 amide bonds. The van der Waals surface area contributed by atoms with Gasteiger partial charge in [0.05, 0.1) is 0 Å². The Labute approximate surface area is 152 Å². The summed E-state index contributed by atoms with van der Waals surface area (Å²) in [5, 5.41) is 0. The highest BCUT2D eigenvalue weighted by atomic mass is 16.1. The second-order valence-corrected chi connectivity index (χ2v) is 7.45. The summed E-state index contributed by atoms with van der Waals surface area (Å²) in [7, 11) is 0. The van der Waals surface area contributed by atoms with Gasteiger partial charge >= 0.3 is 0 Å². The Morgan fingerprint density at radius 3 is 2.64 bits per heavy atom. The first kappa shape index (κ1) is 19.2. The summed E-state index contributed by atoms with van der Waals surface area (Å²) in [6, 6.07) is 4.40. The number of hydrogen-bond donors (Lipinski definition) is 0. The summed E-state index contributed by atoms with van der Waals surface area (Å²) >= 11 is 0. The molecule has 0 bridgehead atoms. The number of fused-ring (bicyclic) bond motifs is 1. The fourth-order valence-corrected chi connectivity index (χ4v) is 3.54. The average Bonchev–Trinajstić information content (AvgIpc) is 2.59. The Bertz CT molecular complexity index is 722. The second-order valence-electron chi connectivity index (χ2n) is 7.45. The maximum atomic E-state index is 12.1. The van der Waals surface area contributed by atoms with Crippen molar-refractivity contribution in [3.8, 4) is 0 Å². The van der Waals surface area contributed by atoms with Crippen LogP contribution in [0.4, 0.5) is 5.69 Å². The number of ketones is 1. The summed E-state index contributed by atoms with van der Waals surface area (Å²) in [6.45, 7) is 16.1. The highest BCUT2D eigenvalue weighted by molar-refractivity contribution is 5.97. The van der Waals surface area contributed by atoms with Crippen LogP contribution in [0.15, 0.2) is 48.6 Å². The smallest absolute Gasteiger partial charge is 0.160 e. The first-order valence-corrected chi connectivity index (χ1v) is 9.21. The summed E-state index contributed by atoms with van der Waals surface area (Å²) in [4.78, 5) is 14.6. The van der Waals surface area contributed by atoms with Crippen LogP contribution in [-0.2, 0) is 11.8 Å². The van der Waals surface area contributed by atoms with E-state index in [1.165, 1.54) is 22.4 Å². The standard InChI is InChI=1S/C23H31NO/c1-7-10-11-18(8-2)16-24-13-12-23(5,6)21-14-19(9-3)20(17(4)25)15-22(21)24/h7-8,10-11,14-15H,1,9,12-13,16H2,2-6H3/b11-10-,18-8+. The number of aryl methyl sites for hydroxylation is 1. The lowest BCUT2D eigenvalue weighted by Crippen LogP contribution is -2.38. The molecule has 0 spiro atoms. The zero-order valence-electron chi connectivity index (χ0n) is 16.4. The molecule has 1 aromatic carbocycles. The number of benzene rings is 1. The first-order chi connectivity index (χ1) is 11.8. The van der Waals surface area contributed by atoms with Gasteiger partial charge in [0.15, 0.2) is 5.78 Å². The molecule has 1 aliphatic rings. The highest BCUT2D eigenvalue weighted by Crippen LogP contribution is 2.41. The number of allylic oxidation sites excluding steroid dienone is 3. The van der Waals surface area contributed by atoms with Gasteiger partial charge in [-0.3, -0.25) is 4.79 Å². The van der Waals surface area contributed by atoms with Crippen molar-refractivity contribution in [2.24, 2.45) is 0 Å². The Morgan fingerprint density at radius 2 is 2.08 bits per heavy atom. The van der Waals surface area contributed by atoms with Gasteiger partial charge < -0.3 is 4.90 Å². The van der Waals surface area contributed by atoms with Crippen molar-refractivity contribution in [3.63, 3.8) is 0 Å². The van der Waals surface area contributed by atoms with Gasteiger partial charge in [0.2, 0.25) is 0 Å². The van der Waals surface area contributed by atoms with E-state index in [1.54, 1.807) is 13.0 Å². The third-order valence-corrected chi connectivity index (χ3v) is 5.25. The van der Waals surface area contributed by atoms with E-state index in [1.807, 2.05) is 6.08 Å². The van der Waals surface area contributed by atoms with Crippen LogP contribution in [-0.4, -0.2) is 18.9 Å². The molecule has 1 aliphatic heterocycles. The van der Waals surface area contributed by atoms with Crippen LogP contribution in [0.5, 0.6) is 0 Å². The molecule has 1 aromatic rings. The predicted octanol–water partition coefficient (Wildman–Crippen LogP) is 5.63. The van der Waals surface area contributed by atoms with E-state index in [4.69, 9.17) is 0 Å². The molecule has 2 heteroatoms. The van der Waals surface area contributed by atoms with Crippen LogP contribution in [0, 0.1) is 0 Å². The number of hydrogen-bond acceptors (Lipinski definition) is 2. The zero-order chi connectivity index (χ0) is 18.6. The minimum atomic E-state index is 0.137. The Kier molecular flexibility index (Phi) is 6.05. The van der Waals surface area contributed by atoms with Crippen molar-refractivity contribution < 1.29 is 4.79 Å². The topological polar surface area (TPSA) is 20.3 Å². The van der Waals surface area contributed by atoms with Crippen molar-refractivity contribution in [2.45, 2.75) is 52.9 Å². The quantitative estimate of drug-likeness (QED) is 0.495. The number of carbonyl (C=O) groups excluding carboxylic acids is 1. The monoisotopic (exact) mass is 337 g/mol. The molecule has 0 fully saturated rings. The molecule has 0 aliphatic carbocycles. The molecule has 0 N–H and O–H groups in total. The first-order valence-electron chi connectivity index (χ1n) is 9.21. The van der Waals surface area contributed by atoms with Crippen molar-refractivity contribution in [2.75, 3.05) is 18.0 Å². The molecule has 2 nitrogen and oxygen atoms in total. The van der Waals surface area contributed by atoms with Crippen LogP contribution < -0.4 is 4.90 Å². The lowest BCUT2D eigenvalue weighted by molar-refractivity contribution is 0.101. The number of rotatable bonds is 6. The zero-order valence-corrected chi connectivity index (χ0v) is 16.4. The molecule has 0 saturated carbocycles. The maximum absolute atomic E-state index is 12.1. The lowest BCUT2D eigenvalue weighted by atomic mass is 9.76. The number of Topliss-reactive ketones (excluding diaryl/α,β-unsaturated/α-hetero) is 1. The van der Waals surface area contributed by atoms with Gasteiger partial charge in [0.1, 0.15) is 0 Å². The average molecular weight is 338 g/mol. The number of nitrogens with zero attached hydrogens (tertiary/aromatic N) is 1. The summed E-state index contributed by atoms with van der Waals surface area (Å²) in [6.07, 6.45) is 10.0. The minimum absolute atomic E-state index is 0.137. The third kappa shape index (κ3) is 4.12. The van der Waals surface area contributed by atoms with Crippen LogP contribution in [0.3, 0.4) is 0 Å². The lowest BCUT2D eigenvalue weighted by Gasteiger charge is -2.41. The molecular formula is C23H31NO. The molecule has 0 aromatic heterocycles. The molecule has 0 unspecified atom stereocenters. The molecule has 2 rings (SSSR count). The Balaban J connectivity index is 2.52. The van der Waals surface area contributed by atoms with Crippen LogP contribution in [0.25, 0.3) is 0 Å². The fraction of sp³-hybridized carbons (Fsp3) is 0.435. The number of carbonyl (C=O) groups is 1. The van der Waals surface area contributed by atoms with Gasteiger partial charge in [-0.25, -0.2) is 0 Å². The van der Waals surface area contributed by atoms with Crippen molar-refractivity contribution >= 4 is 11.5 Å². The summed E-state index contributed by atoms with van der Waals surface area (Å²) < 4.78 is 0. The van der Waals surface area contributed by atoms with Crippen molar-refractivity contribution in [1.82, 2.24) is 0 Å². The van der Waals surface area contributed by atoms with Crippen molar-refractivity contribution in [1.29, 1.82) is 0 Å². The summed E-state index contributed by atoms with van der Waals surface area (Å²) in [5.41, 5.74) is 6.01. The van der Waals surface area contributed by atoms with E-state index >= 15 is 0 Å². The van der Waals surface area contributed by atoms with Crippen LogP contribution in [0.1, 0.15) is 62.5 Å². The van der Waals surface area contributed by atoms with E-state index in [2.05, 4.69) is 63.5 Å². The molecular weight excluding hydrogens is 306 g/mol. The predicted molar refractivity (Wildman–Crippen MR) is 109 cm³/mol. The van der Waals surface area contributed by atoms with Gasteiger partial charge in [-0.2, -0.15) is 0 Å². The Morgan fingerprint density at radius 1 is 1.36 bits per heavy atom. The van der Waals surface area contributed by atoms with Crippen LogP contribution >= 0.6 is 0 Å². The van der Waals surface area contributed by atoms with E-state index in [0.29, 0.717) is 0 Å². The fourth-order valence-electron chi connectivity index (χ4n) is 3.54. The van der Waals surface area contributed by atoms with E-state index in [9.17, 15) is 4.79 Å². The molecule has 0 saturated heterocycles. The molecule has 134 valence electrons. The maximum Gasteiger partial charge on any atom is 0.160 e. The highest BCUT2D eigenvalue weighted by Gasteiger charge is 2.32. The second kappa shape index (κ2) is 7.86. The van der Waals surface area contributed by atoms with E-state index < -0.39 is 0 Å². The van der Waals surface area contributed by atoms with E-state index in [-0.39, 0.29) is 11.2 Å². The largest absolute Gasteiger partial charge is 0.367 e. The molecule has 25 heavy (non-hydrogen) atoms. The number of anilines is 1. The van der Waals surface area contributed by atoms with Gasteiger partial charge in [0, 0.05) is 24.3 Å². The SMILES string of the molecule is C=C/C=C\C(=C/C)CN1CCC(C)(C)c2cc(CC)c(C(C)=O)cc21. The van der Waals surface area contributed by atoms with Gasteiger partial charge in [-0.1, -0.05) is 57.7 Å². The van der Waals surface area contributed by atoms with E-state index in [0.717, 1.165) is 31.5 Å². The molecule has 1 heterocycles. The third-order valence-electron chi connectivity index (χ3n) is 5.25. The van der Waals surface area contributed by atoms with Crippen molar-refractivity contribution in [3.05, 3.63) is 65.3 Å². The normalized spacial score (nSPS) is 16.8. The van der Waals surface area contributed by atoms with Gasteiger partial charge in [-0.15, -0.1) is 0 Å². The van der Waals surface area contributed by atoms with Gasteiger partial charge in [-0.05, 0) is 54.9 Å². The van der Waals surface area contributed by atoms with Crippen LogP contribution in [0.2, 0.25) is 0 Å². The molecule has 0 atom stereocenters. The minimum Gasteiger partial charge on any atom is -0.367 e. The summed E-state index contributed by atoms with van der Waals surface area (Å²) in [5.74, 6) is 0.154. The Hall–Kier alpha value is -2.09.